The molecule has 4 rings (SSSR count). The molecule has 3 aromatic carbocycles. The maximum atomic E-state index is 12.5. The predicted octanol–water partition coefficient (Wildman–Crippen LogP) is 3.48. The van der Waals surface area contributed by atoms with E-state index in [4.69, 9.17) is 0 Å². The predicted molar refractivity (Wildman–Crippen MR) is 118 cm³/mol. The summed E-state index contributed by atoms with van der Waals surface area (Å²) >= 11 is 0. The third-order valence-electron chi connectivity index (χ3n) is 4.81. The molecule has 4 aromatic rings. The third kappa shape index (κ3) is 4.20. The maximum absolute atomic E-state index is 12.5. The fourth-order valence-corrected chi connectivity index (χ4v) is 3.24. The van der Waals surface area contributed by atoms with E-state index < -0.39 is 16.4 Å². The molecule has 0 aliphatic rings. The fourth-order valence-electron chi connectivity index (χ4n) is 3.24. The van der Waals surface area contributed by atoms with E-state index >= 15 is 0 Å². The molecule has 9 heteroatoms. The zero-order valence-corrected chi connectivity index (χ0v) is 16.6. The summed E-state index contributed by atoms with van der Waals surface area (Å²) in [5.41, 5.74) is 0.644. The van der Waals surface area contributed by atoms with Crippen LogP contribution in [0.3, 0.4) is 0 Å². The lowest BCUT2D eigenvalue weighted by Gasteiger charge is -2.10. The summed E-state index contributed by atoms with van der Waals surface area (Å²) in [6, 6.07) is 21.9. The summed E-state index contributed by atoms with van der Waals surface area (Å²) < 4.78 is 1.03. The molecule has 0 saturated carbocycles. The van der Waals surface area contributed by atoms with Gasteiger partial charge >= 0.3 is 0 Å². The van der Waals surface area contributed by atoms with Crippen LogP contribution in [0, 0.1) is 21.4 Å². The standard InChI is InChI=1S/C23H15N5O4/c24-13-18-12-19(28(31)32)7-8-20(18)25-22(29)14-27-23(30)10-9-21(26-27)17-6-5-15-3-1-2-4-16(15)11-17/h1-12H,14H2,(H,25,29). The van der Waals surface area contributed by atoms with Crippen LogP contribution in [0.1, 0.15) is 5.56 Å². The van der Waals surface area contributed by atoms with Crippen molar-refractivity contribution in [3.8, 4) is 17.3 Å². The smallest absolute Gasteiger partial charge is 0.270 e. The van der Waals surface area contributed by atoms with Crippen molar-refractivity contribution in [3.05, 3.63) is 98.8 Å². The molecule has 0 saturated heterocycles. The van der Waals surface area contributed by atoms with Crippen LogP contribution < -0.4 is 10.9 Å². The number of anilines is 1. The van der Waals surface area contributed by atoms with E-state index in [2.05, 4.69) is 10.4 Å². The molecule has 1 N–H and O–H groups in total. The van der Waals surface area contributed by atoms with Crippen molar-refractivity contribution in [1.29, 1.82) is 5.26 Å². The Morgan fingerprint density at radius 1 is 1.06 bits per heavy atom. The van der Waals surface area contributed by atoms with Crippen molar-refractivity contribution in [3.63, 3.8) is 0 Å². The summed E-state index contributed by atoms with van der Waals surface area (Å²) in [5, 5.41) is 29.0. The number of carbonyl (C=O) groups is 1. The molecule has 1 aromatic heterocycles. The number of benzene rings is 3. The topological polar surface area (TPSA) is 131 Å². The van der Waals surface area contributed by atoms with E-state index in [0.29, 0.717) is 5.69 Å². The molecular weight excluding hydrogens is 410 g/mol. The monoisotopic (exact) mass is 425 g/mol. The summed E-state index contributed by atoms with van der Waals surface area (Å²) in [5.74, 6) is -0.597. The summed E-state index contributed by atoms with van der Waals surface area (Å²) in [6.07, 6.45) is 0. The molecule has 32 heavy (non-hydrogen) atoms. The van der Waals surface area contributed by atoms with Crippen LogP contribution in [0.15, 0.2) is 77.6 Å². The second-order valence-electron chi connectivity index (χ2n) is 6.92. The number of nitrogens with one attached hydrogen (secondary N) is 1. The molecule has 0 aliphatic carbocycles. The van der Waals surface area contributed by atoms with Crippen LogP contribution in [0.4, 0.5) is 11.4 Å². The maximum Gasteiger partial charge on any atom is 0.270 e. The fraction of sp³-hybridized carbons (Fsp3) is 0.0435. The minimum Gasteiger partial charge on any atom is -0.323 e. The van der Waals surface area contributed by atoms with E-state index in [1.807, 2.05) is 48.5 Å². The summed E-state index contributed by atoms with van der Waals surface area (Å²) in [7, 11) is 0. The largest absolute Gasteiger partial charge is 0.323 e. The van der Waals surface area contributed by atoms with Crippen molar-refractivity contribution in [2.75, 3.05) is 5.32 Å². The molecule has 0 bridgehead atoms. The Morgan fingerprint density at radius 2 is 1.84 bits per heavy atom. The number of aromatic nitrogens is 2. The first-order valence-electron chi connectivity index (χ1n) is 9.50. The van der Waals surface area contributed by atoms with Gasteiger partial charge in [0.15, 0.2) is 0 Å². The number of nitro groups is 1. The number of carbonyl (C=O) groups excluding carboxylic acids is 1. The average Bonchev–Trinajstić information content (AvgIpc) is 2.80. The van der Waals surface area contributed by atoms with Gasteiger partial charge in [-0.2, -0.15) is 10.4 Å². The highest BCUT2D eigenvalue weighted by molar-refractivity contribution is 5.92. The summed E-state index contributed by atoms with van der Waals surface area (Å²) in [6.45, 7) is -0.387. The third-order valence-corrected chi connectivity index (χ3v) is 4.81. The Bertz CT molecular complexity index is 1470. The van der Waals surface area contributed by atoms with Gasteiger partial charge in [0, 0.05) is 23.8 Å². The number of non-ortho nitro benzene ring substituents is 1. The highest BCUT2D eigenvalue weighted by Gasteiger charge is 2.14. The van der Waals surface area contributed by atoms with Crippen molar-refractivity contribution >= 4 is 28.1 Å². The van der Waals surface area contributed by atoms with Crippen molar-refractivity contribution < 1.29 is 9.72 Å². The molecule has 1 heterocycles. The van der Waals surface area contributed by atoms with Crippen LogP contribution in [-0.4, -0.2) is 20.6 Å². The molecule has 156 valence electrons. The highest BCUT2D eigenvalue weighted by atomic mass is 16.6. The van der Waals surface area contributed by atoms with E-state index in [9.17, 15) is 25.0 Å². The van der Waals surface area contributed by atoms with Crippen LogP contribution in [0.2, 0.25) is 0 Å². The second-order valence-corrected chi connectivity index (χ2v) is 6.92. The second kappa shape index (κ2) is 8.49. The van der Waals surface area contributed by atoms with E-state index in [1.54, 1.807) is 6.07 Å². The Morgan fingerprint density at radius 3 is 2.59 bits per heavy atom. The number of nitrogens with zero attached hydrogens (tertiary/aromatic N) is 4. The van der Waals surface area contributed by atoms with Crippen LogP contribution in [0.5, 0.6) is 0 Å². The number of nitriles is 1. The number of amides is 1. The van der Waals surface area contributed by atoms with Gasteiger partial charge < -0.3 is 5.32 Å². The van der Waals surface area contributed by atoms with Gasteiger partial charge in [0.1, 0.15) is 12.6 Å². The molecule has 0 aliphatic heterocycles. The molecule has 0 fully saturated rings. The van der Waals surface area contributed by atoms with Gasteiger partial charge in [0.05, 0.1) is 21.9 Å². The van der Waals surface area contributed by atoms with E-state index in [-0.39, 0.29) is 23.5 Å². The minimum absolute atomic E-state index is 0.0576. The van der Waals surface area contributed by atoms with E-state index in [0.717, 1.165) is 27.1 Å². The highest BCUT2D eigenvalue weighted by Crippen LogP contribution is 2.23. The molecule has 0 radical (unpaired) electrons. The van der Waals surface area contributed by atoms with Crippen LogP contribution >= 0.6 is 0 Å². The molecule has 0 atom stereocenters. The lowest BCUT2D eigenvalue weighted by Crippen LogP contribution is -2.29. The van der Waals surface area contributed by atoms with Gasteiger partial charge in [-0.1, -0.05) is 36.4 Å². The number of nitro benzene ring substituents is 1. The quantitative estimate of drug-likeness (QED) is 0.385. The van der Waals surface area contributed by atoms with Gasteiger partial charge in [-0.05, 0) is 29.0 Å². The minimum atomic E-state index is -0.631. The van der Waals surface area contributed by atoms with Gasteiger partial charge in [-0.3, -0.25) is 19.7 Å². The Labute approximate surface area is 181 Å². The van der Waals surface area contributed by atoms with Gasteiger partial charge in [-0.25, -0.2) is 4.68 Å². The molecule has 0 spiro atoms. The average molecular weight is 425 g/mol. The molecular formula is C23H15N5O4. The zero-order chi connectivity index (χ0) is 22.7. The Hall–Kier alpha value is -4.84. The number of hydrogen-bond donors (Lipinski definition) is 1. The Kier molecular flexibility index (Phi) is 5.42. The van der Waals surface area contributed by atoms with Crippen LogP contribution in [-0.2, 0) is 11.3 Å². The zero-order valence-electron chi connectivity index (χ0n) is 16.6. The van der Waals surface area contributed by atoms with Crippen LogP contribution in [0.25, 0.3) is 22.0 Å². The van der Waals surface area contributed by atoms with Gasteiger partial charge in [0.2, 0.25) is 5.91 Å². The van der Waals surface area contributed by atoms with Crippen molar-refractivity contribution in [2.45, 2.75) is 6.54 Å². The summed E-state index contributed by atoms with van der Waals surface area (Å²) in [4.78, 5) is 35.0. The molecule has 1 amide bonds. The number of rotatable bonds is 5. The molecule has 0 unspecified atom stereocenters. The Balaban J connectivity index is 1.58. The van der Waals surface area contributed by atoms with Gasteiger partial charge in [-0.15, -0.1) is 0 Å². The molecule has 9 nitrogen and oxygen atoms in total. The van der Waals surface area contributed by atoms with E-state index in [1.165, 1.54) is 18.2 Å². The van der Waals surface area contributed by atoms with Crippen molar-refractivity contribution in [1.82, 2.24) is 9.78 Å². The lowest BCUT2D eigenvalue weighted by atomic mass is 10.1. The first-order chi connectivity index (χ1) is 15.4. The van der Waals surface area contributed by atoms with Crippen molar-refractivity contribution in [2.24, 2.45) is 0 Å². The lowest BCUT2D eigenvalue weighted by molar-refractivity contribution is -0.384. The van der Waals surface area contributed by atoms with Gasteiger partial charge in [0.25, 0.3) is 11.2 Å². The number of fused-ring (bicyclic) bond motifs is 1. The first kappa shape index (κ1) is 20.4. The number of hydrogen-bond acceptors (Lipinski definition) is 6. The SMILES string of the molecule is N#Cc1cc([N+](=O)[O-])ccc1NC(=O)Cn1nc(-c2ccc3ccccc3c2)ccc1=O. The normalized spacial score (nSPS) is 10.5. The first-order valence-corrected chi connectivity index (χ1v) is 9.50.